The number of rotatable bonds is 4. The van der Waals surface area contributed by atoms with E-state index in [2.05, 4.69) is 11.8 Å². The van der Waals surface area contributed by atoms with E-state index in [1.54, 1.807) is 0 Å². The van der Waals surface area contributed by atoms with Crippen LogP contribution >= 0.6 is 0 Å². The fourth-order valence-electron chi connectivity index (χ4n) is 5.48. The van der Waals surface area contributed by atoms with Gasteiger partial charge in [0.2, 0.25) is 5.91 Å². The van der Waals surface area contributed by atoms with Gasteiger partial charge in [0.05, 0.1) is 0 Å². The summed E-state index contributed by atoms with van der Waals surface area (Å²) in [5.41, 5.74) is 0. The first-order valence-electron chi connectivity index (χ1n) is 11.5. The zero-order chi connectivity index (χ0) is 18.8. The average molecular weight is 376 g/mol. The summed E-state index contributed by atoms with van der Waals surface area (Å²) in [5, 5.41) is 0. The van der Waals surface area contributed by atoms with Crippen LogP contribution < -0.4 is 0 Å². The number of amides is 3. The fraction of sp³-hybridized carbons (Fsp3) is 0.909. The second-order valence-corrected chi connectivity index (χ2v) is 9.30. The molecule has 0 aromatic heterocycles. The summed E-state index contributed by atoms with van der Waals surface area (Å²) in [6, 6.07) is 1.21. The van der Waals surface area contributed by atoms with Crippen LogP contribution in [0.5, 0.6) is 0 Å². The van der Waals surface area contributed by atoms with Gasteiger partial charge < -0.3 is 14.7 Å². The summed E-state index contributed by atoms with van der Waals surface area (Å²) in [6.45, 7) is 5.63. The summed E-state index contributed by atoms with van der Waals surface area (Å²) in [6.07, 6.45) is 12.7. The van der Waals surface area contributed by atoms with E-state index >= 15 is 0 Å². The van der Waals surface area contributed by atoms with E-state index in [1.165, 1.54) is 44.9 Å². The van der Waals surface area contributed by atoms with Gasteiger partial charge in [-0.15, -0.1) is 0 Å². The fourth-order valence-corrected chi connectivity index (χ4v) is 5.48. The molecule has 0 aromatic rings. The molecule has 0 atom stereocenters. The minimum absolute atomic E-state index is 0.136. The van der Waals surface area contributed by atoms with Crippen LogP contribution in [0.3, 0.4) is 0 Å². The lowest BCUT2D eigenvalue weighted by Crippen LogP contribution is -2.51. The Balaban J connectivity index is 1.31. The maximum absolute atomic E-state index is 13.4. The molecule has 27 heavy (non-hydrogen) atoms. The van der Waals surface area contributed by atoms with Crippen molar-refractivity contribution in [2.24, 2.45) is 11.8 Å². The standard InChI is InChI=1S/C22H37N3O2/c1-2-17-5-7-19(8-6-17)25(20-9-10-20)21(26)18-11-15-24(16-12-18)22(27)23-13-3-4-14-23/h17-20H,2-16H2,1H3. The molecule has 0 bridgehead atoms. The highest BCUT2D eigenvalue weighted by Gasteiger charge is 2.42. The first kappa shape index (κ1) is 19.1. The number of carbonyl (C=O) groups excluding carboxylic acids is 2. The molecule has 2 heterocycles. The van der Waals surface area contributed by atoms with Crippen LogP contribution in [0.4, 0.5) is 4.79 Å². The lowest BCUT2D eigenvalue weighted by Gasteiger charge is -2.41. The van der Waals surface area contributed by atoms with E-state index < -0.39 is 0 Å². The second-order valence-electron chi connectivity index (χ2n) is 9.30. The Morgan fingerprint density at radius 3 is 1.81 bits per heavy atom. The van der Waals surface area contributed by atoms with E-state index in [4.69, 9.17) is 0 Å². The highest BCUT2D eigenvalue weighted by atomic mass is 16.2. The van der Waals surface area contributed by atoms with Crippen LogP contribution in [0, 0.1) is 11.8 Å². The van der Waals surface area contributed by atoms with Gasteiger partial charge in [-0.05, 0) is 70.1 Å². The van der Waals surface area contributed by atoms with Gasteiger partial charge in [0.25, 0.3) is 0 Å². The minimum Gasteiger partial charge on any atom is -0.336 e. The summed E-state index contributed by atoms with van der Waals surface area (Å²) >= 11 is 0. The second kappa shape index (κ2) is 8.40. The largest absolute Gasteiger partial charge is 0.336 e. The first-order chi connectivity index (χ1) is 13.2. The summed E-state index contributed by atoms with van der Waals surface area (Å²) < 4.78 is 0. The first-order valence-corrected chi connectivity index (χ1v) is 11.5. The van der Waals surface area contributed by atoms with Gasteiger partial charge in [0.1, 0.15) is 0 Å². The number of piperidine rings is 1. The van der Waals surface area contributed by atoms with Crippen molar-refractivity contribution in [2.75, 3.05) is 26.2 Å². The number of hydrogen-bond donors (Lipinski definition) is 0. The third-order valence-corrected chi connectivity index (χ3v) is 7.47. The molecule has 2 saturated heterocycles. The van der Waals surface area contributed by atoms with Gasteiger partial charge in [-0.2, -0.15) is 0 Å². The van der Waals surface area contributed by atoms with E-state index in [0.29, 0.717) is 18.0 Å². The Labute approximate surface area is 164 Å². The summed E-state index contributed by atoms with van der Waals surface area (Å²) in [4.78, 5) is 32.3. The van der Waals surface area contributed by atoms with Gasteiger partial charge in [0, 0.05) is 44.2 Å². The van der Waals surface area contributed by atoms with Gasteiger partial charge in [0.15, 0.2) is 0 Å². The van der Waals surface area contributed by atoms with Crippen LogP contribution in [0.15, 0.2) is 0 Å². The Morgan fingerprint density at radius 2 is 1.30 bits per heavy atom. The lowest BCUT2D eigenvalue weighted by atomic mass is 9.83. The lowest BCUT2D eigenvalue weighted by molar-refractivity contribution is -0.141. The molecule has 4 aliphatic rings. The Hall–Kier alpha value is -1.26. The van der Waals surface area contributed by atoms with Crippen LogP contribution in [0.1, 0.15) is 77.6 Å². The van der Waals surface area contributed by atoms with E-state index in [1.807, 2.05) is 9.80 Å². The van der Waals surface area contributed by atoms with E-state index in [-0.39, 0.29) is 11.9 Å². The van der Waals surface area contributed by atoms with Gasteiger partial charge in [-0.3, -0.25) is 4.79 Å². The van der Waals surface area contributed by atoms with E-state index in [0.717, 1.165) is 57.8 Å². The molecule has 0 unspecified atom stereocenters. The quantitative estimate of drug-likeness (QED) is 0.748. The molecule has 2 aliphatic carbocycles. The third-order valence-electron chi connectivity index (χ3n) is 7.47. The minimum atomic E-state index is 0.136. The molecule has 4 fully saturated rings. The molecule has 0 radical (unpaired) electrons. The van der Waals surface area contributed by atoms with Crippen molar-refractivity contribution in [1.29, 1.82) is 0 Å². The van der Waals surface area contributed by atoms with Gasteiger partial charge in [-0.25, -0.2) is 4.79 Å². The molecular weight excluding hydrogens is 338 g/mol. The van der Waals surface area contributed by atoms with Crippen molar-refractivity contribution in [1.82, 2.24) is 14.7 Å². The van der Waals surface area contributed by atoms with Crippen LogP contribution in [0.25, 0.3) is 0 Å². The van der Waals surface area contributed by atoms with Crippen LogP contribution in [-0.2, 0) is 4.79 Å². The average Bonchev–Trinajstić information content (AvgIpc) is 3.39. The van der Waals surface area contributed by atoms with Crippen LogP contribution in [-0.4, -0.2) is 64.9 Å². The molecule has 2 saturated carbocycles. The normalized spacial score (nSPS) is 29.8. The molecule has 5 nitrogen and oxygen atoms in total. The molecule has 4 rings (SSSR count). The van der Waals surface area contributed by atoms with E-state index in [9.17, 15) is 9.59 Å². The smallest absolute Gasteiger partial charge is 0.319 e. The highest BCUT2D eigenvalue weighted by Crippen LogP contribution is 2.38. The van der Waals surface area contributed by atoms with Crippen molar-refractivity contribution in [3.63, 3.8) is 0 Å². The maximum Gasteiger partial charge on any atom is 0.319 e. The summed E-state index contributed by atoms with van der Waals surface area (Å²) in [5.74, 6) is 1.42. The molecule has 0 aromatic carbocycles. The SMILES string of the molecule is CCC1CCC(N(C(=O)C2CCN(C(=O)N3CCCC3)CC2)C2CC2)CC1. The maximum atomic E-state index is 13.4. The predicted octanol–water partition coefficient (Wildman–Crippen LogP) is 3.87. The van der Waals surface area contributed by atoms with Gasteiger partial charge >= 0.3 is 6.03 Å². The molecule has 0 spiro atoms. The molecule has 3 amide bonds. The van der Waals surface area contributed by atoms with Crippen molar-refractivity contribution >= 4 is 11.9 Å². The molecule has 2 aliphatic heterocycles. The highest BCUT2D eigenvalue weighted by molar-refractivity contribution is 5.81. The third kappa shape index (κ3) is 4.27. The zero-order valence-corrected chi connectivity index (χ0v) is 17.1. The Bertz CT molecular complexity index is 526. The number of nitrogens with zero attached hydrogens (tertiary/aromatic N) is 3. The number of likely N-dealkylation sites (tertiary alicyclic amines) is 2. The molecule has 152 valence electrons. The van der Waals surface area contributed by atoms with Crippen LogP contribution in [0.2, 0.25) is 0 Å². The predicted molar refractivity (Wildman–Crippen MR) is 106 cm³/mol. The Morgan fingerprint density at radius 1 is 0.778 bits per heavy atom. The number of hydrogen-bond acceptors (Lipinski definition) is 2. The van der Waals surface area contributed by atoms with Gasteiger partial charge in [-0.1, -0.05) is 13.3 Å². The molecular formula is C22H37N3O2. The topological polar surface area (TPSA) is 43.9 Å². The van der Waals surface area contributed by atoms with Crippen molar-refractivity contribution in [2.45, 2.75) is 89.6 Å². The number of carbonyl (C=O) groups is 2. The monoisotopic (exact) mass is 375 g/mol. The zero-order valence-electron chi connectivity index (χ0n) is 17.1. The number of urea groups is 1. The summed E-state index contributed by atoms with van der Waals surface area (Å²) in [7, 11) is 0. The Kier molecular flexibility index (Phi) is 5.93. The molecule has 5 heteroatoms. The van der Waals surface area contributed by atoms with Crippen molar-refractivity contribution in [3.05, 3.63) is 0 Å². The van der Waals surface area contributed by atoms with Crippen molar-refractivity contribution < 1.29 is 9.59 Å². The van der Waals surface area contributed by atoms with Crippen molar-refractivity contribution in [3.8, 4) is 0 Å². The molecule has 0 N–H and O–H groups in total.